The van der Waals surface area contributed by atoms with Crippen LogP contribution in [0.4, 0.5) is 8.78 Å². The third-order valence-corrected chi connectivity index (χ3v) is 5.19. The van der Waals surface area contributed by atoms with Crippen LogP contribution >= 0.6 is 0 Å². The van der Waals surface area contributed by atoms with Gasteiger partial charge in [0.15, 0.2) is 5.78 Å². The molecule has 1 aromatic carbocycles. The Bertz CT molecular complexity index is 1280. The van der Waals surface area contributed by atoms with E-state index in [1.54, 1.807) is 0 Å². The average molecular weight is 414 g/mol. The number of carbonyl (C=O) groups is 2. The molecule has 0 atom stereocenters. The highest BCUT2D eigenvalue weighted by atomic mass is 19.1. The molecule has 3 aromatic rings. The number of fused-ring (bicyclic) bond motifs is 1. The molecule has 0 saturated carbocycles. The number of nitrogens with zero attached hydrogens (tertiary/aromatic N) is 2. The summed E-state index contributed by atoms with van der Waals surface area (Å²) in [5.41, 5.74) is -1.40. The summed E-state index contributed by atoms with van der Waals surface area (Å²) in [7, 11) is 0. The maximum Gasteiger partial charge on any atom is 0.327 e. The number of ketones is 1. The SMILES string of the molecule is O=C(c1cc(F)ccc1F)C1CCN(C(=O)c2cnc3[nH]c(=O)[nH]c(=O)c3c2)CC1. The van der Waals surface area contributed by atoms with Crippen molar-refractivity contribution in [2.75, 3.05) is 13.1 Å². The van der Waals surface area contributed by atoms with Gasteiger partial charge in [0.1, 0.15) is 17.3 Å². The first-order chi connectivity index (χ1) is 14.3. The van der Waals surface area contributed by atoms with E-state index in [-0.39, 0.29) is 41.2 Å². The van der Waals surface area contributed by atoms with Crippen molar-refractivity contribution in [3.8, 4) is 0 Å². The lowest BCUT2D eigenvalue weighted by atomic mass is 9.88. The second-order valence-electron chi connectivity index (χ2n) is 7.08. The van der Waals surface area contributed by atoms with Gasteiger partial charge in [0.25, 0.3) is 11.5 Å². The van der Waals surface area contributed by atoms with Crippen LogP contribution in [0.2, 0.25) is 0 Å². The van der Waals surface area contributed by atoms with Crippen LogP contribution in [-0.2, 0) is 0 Å². The molecule has 0 radical (unpaired) electrons. The molecule has 1 fully saturated rings. The third-order valence-electron chi connectivity index (χ3n) is 5.19. The Morgan fingerprint density at radius 3 is 2.53 bits per heavy atom. The summed E-state index contributed by atoms with van der Waals surface area (Å²) in [5.74, 6) is -2.84. The van der Waals surface area contributed by atoms with Gasteiger partial charge in [-0.25, -0.2) is 18.6 Å². The van der Waals surface area contributed by atoms with Gasteiger partial charge in [-0.05, 0) is 37.1 Å². The molecular formula is C20H16F2N4O4. The quantitative estimate of drug-likeness (QED) is 0.632. The average Bonchev–Trinajstić information content (AvgIpc) is 2.74. The molecule has 1 aliphatic heterocycles. The molecule has 8 nitrogen and oxygen atoms in total. The molecule has 3 heterocycles. The number of nitrogens with one attached hydrogen (secondary N) is 2. The molecule has 1 amide bonds. The van der Waals surface area contributed by atoms with Gasteiger partial charge >= 0.3 is 5.69 Å². The number of benzene rings is 1. The van der Waals surface area contributed by atoms with E-state index in [0.717, 1.165) is 18.2 Å². The van der Waals surface area contributed by atoms with Crippen molar-refractivity contribution in [3.05, 3.63) is 74.1 Å². The second-order valence-corrected chi connectivity index (χ2v) is 7.08. The minimum Gasteiger partial charge on any atom is -0.339 e. The zero-order chi connectivity index (χ0) is 21.4. The minimum absolute atomic E-state index is 0.0710. The summed E-state index contributed by atoms with van der Waals surface area (Å²) in [5, 5.41) is 0.0760. The zero-order valence-corrected chi connectivity index (χ0v) is 15.6. The van der Waals surface area contributed by atoms with Crippen LogP contribution in [0.1, 0.15) is 33.6 Å². The standard InChI is InChI=1S/C20H16F2N4O4/c21-12-1-2-15(22)13(8-12)16(27)10-3-5-26(6-4-10)19(29)11-7-14-17(23-9-11)24-20(30)25-18(14)28/h1-2,7-10H,3-6H2,(H2,23,24,25,28,30). The summed E-state index contributed by atoms with van der Waals surface area (Å²) >= 11 is 0. The number of halogens is 2. The van der Waals surface area contributed by atoms with Gasteiger partial charge < -0.3 is 4.90 Å². The normalized spacial score (nSPS) is 14.8. The van der Waals surface area contributed by atoms with Crippen LogP contribution in [0.3, 0.4) is 0 Å². The van der Waals surface area contributed by atoms with Gasteiger partial charge in [0.05, 0.1) is 16.5 Å². The van der Waals surface area contributed by atoms with Crippen molar-refractivity contribution >= 4 is 22.7 Å². The first-order valence-electron chi connectivity index (χ1n) is 9.24. The lowest BCUT2D eigenvalue weighted by Gasteiger charge is -2.31. The predicted molar refractivity (Wildman–Crippen MR) is 102 cm³/mol. The van der Waals surface area contributed by atoms with E-state index in [1.165, 1.54) is 17.2 Å². The molecule has 1 saturated heterocycles. The summed E-state index contributed by atoms with van der Waals surface area (Å²) in [6.07, 6.45) is 1.87. The van der Waals surface area contributed by atoms with Crippen molar-refractivity contribution < 1.29 is 18.4 Å². The Kier molecular flexibility index (Phi) is 4.98. The third kappa shape index (κ3) is 3.63. The van der Waals surface area contributed by atoms with Gasteiger partial charge in [-0.1, -0.05) is 0 Å². The van der Waals surface area contributed by atoms with Gasteiger partial charge in [-0.2, -0.15) is 0 Å². The van der Waals surface area contributed by atoms with E-state index in [1.807, 2.05) is 0 Å². The smallest absolute Gasteiger partial charge is 0.327 e. The van der Waals surface area contributed by atoms with E-state index in [9.17, 15) is 28.0 Å². The number of pyridine rings is 1. The topological polar surface area (TPSA) is 116 Å². The van der Waals surface area contributed by atoms with E-state index in [4.69, 9.17) is 0 Å². The molecule has 1 aliphatic rings. The van der Waals surface area contributed by atoms with Gasteiger partial charge in [-0.15, -0.1) is 0 Å². The second kappa shape index (κ2) is 7.62. The number of amides is 1. The first-order valence-corrected chi connectivity index (χ1v) is 9.24. The van der Waals surface area contributed by atoms with Crippen LogP contribution in [-0.4, -0.2) is 44.6 Å². The fourth-order valence-corrected chi connectivity index (χ4v) is 3.60. The van der Waals surface area contributed by atoms with Gasteiger partial charge in [0.2, 0.25) is 0 Å². The van der Waals surface area contributed by atoms with Crippen molar-refractivity contribution in [2.24, 2.45) is 5.92 Å². The largest absolute Gasteiger partial charge is 0.339 e. The minimum atomic E-state index is -0.773. The molecule has 0 unspecified atom stereocenters. The van der Waals surface area contributed by atoms with E-state index < -0.39 is 34.6 Å². The highest BCUT2D eigenvalue weighted by molar-refractivity contribution is 5.99. The molecular weight excluding hydrogens is 398 g/mol. The fraction of sp³-hybridized carbons (Fsp3) is 0.250. The monoisotopic (exact) mass is 414 g/mol. The van der Waals surface area contributed by atoms with E-state index in [0.29, 0.717) is 12.8 Å². The number of likely N-dealkylation sites (tertiary alicyclic amines) is 1. The number of rotatable bonds is 3. The van der Waals surface area contributed by atoms with E-state index >= 15 is 0 Å². The molecule has 10 heteroatoms. The highest BCUT2D eigenvalue weighted by Crippen LogP contribution is 2.24. The Morgan fingerprint density at radius 2 is 1.80 bits per heavy atom. The first kappa shape index (κ1) is 19.6. The zero-order valence-electron chi connectivity index (χ0n) is 15.6. The number of Topliss-reactive ketones (excluding diaryl/α,β-unsaturated/α-hetero) is 1. The Labute approximate surface area is 167 Å². The molecule has 30 heavy (non-hydrogen) atoms. The number of hydrogen-bond acceptors (Lipinski definition) is 5. The Hall–Kier alpha value is -3.69. The number of H-pyrrole nitrogens is 2. The maximum atomic E-state index is 13.9. The van der Waals surface area contributed by atoms with Crippen LogP contribution in [0.5, 0.6) is 0 Å². The molecule has 154 valence electrons. The summed E-state index contributed by atoms with van der Waals surface area (Å²) in [6.45, 7) is 0.485. The van der Waals surface area contributed by atoms with Crippen LogP contribution < -0.4 is 11.2 Å². The van der Waals surface area contributed by atoms with Gasteiger partial charge in [0, 0.05) is 25.2 Å². The van der Waals surface area contributed by atoms with Crippen LogP contribution in [0, 0.1) is 17.6 Å². The molecule has 2 N–H and O–H groups in total. The Morgan fingerprint density at radius 1 is 1.07 bits per heavy atom. The summed E-state index contributed by atoms with van der Waals surface area (Å²) in [6, 6.07) is 4.10. The van der Waals surface area contributed by atoms with Crippen molar-refractivity contribution in [2.45, 2.75) is 12.8 Å². The van der Waals surface area contributed by atoms with Crippen LogP contribution in [0.25, 0.3) is 11.0 Å². The number of aromatic nitrogens is 3. The number of piperidine rings is 1. The maximum absolute atomic E-state index is 13.9. The summed E-state index contributed by atoms with van der Waals surface area (Å²) in [4.78, 5) is 58.5. The highest BCUT2D eigenvalue weighted by Gasteiger charge is 2.30. The van der Waals surface area contributed by atoms with Gasteiger partial charge in [-0.3, -0.25) is 24.4 Å². The van der Waals surface area contributed by atoms with Crippen molar-refractivity contribution in [3.63, 3.8) is 0 Å². The fourth-order valence-electron chi connectivity index (χ4n) is 3.60. The lowest BCUT2D eigenvalue weighted by Crippen LogP contribution is -2.40. The number of hydrogen-bond donors (Lipinski definition) is 2. The molecule has 0 spiro atoms. The van der Waals surface area contributed by atoms with Crippen molar-refractivity contribution in [1.82, 2.24) is 19.9 Å². The molecule has 4 rings (SSSR count). The molecule has 0 aliphatic carbocycles. The Balaban J connectivity index is 1.49. The molecule has 2 aromatic heterocycles. The predicted octanol–water partition coefficient (Wildman–Crippen LogP) is 1.62. The van der Waals surface area contributed by atoms with E-state index in [2.05, 4.69) is 15.0 Å². The van der Waals surface area contributed by atoms with Crippen molar-refractivity contribution in [1.29, 1.82) is 0 Å². The number of aromatic amines is 2. The van der Waals surface area contributed by atoms with Crippen LogP contribution in [0.15, 0.2) is 40.1 Å². The lowest BCUT2D eigenvalue weighted by molar-refractivity contribution is 0.0649. The summed E-state index contributed by atoms with van der Waals surface area (Å²) < 4.78 is 27.2. The molecule has 0 bridgehead atoms. The number of carbonyl (C=O) groups excluding carboxylic acids is 2.